The van der Waals surface area contributed by atoms with Crippen LogP contribution in [0.4, 0.5) is 0 Å². The second-order valence-corrected chi connectivity index (χ2v) is 10.4. The van der Waals surface area contributed by atoms with Gasteiger partial charge in [0.1, 0.15) is 18.1 Å². The molecule has 1 amide bonds. The van der Waals surface area contributed by atoms with Crippen LogP contribution < -0.4 is 19.6 Å². The Balaban J connectivity index is 1.30. The van der Waals surface area contributed by atoms with E-state index in [1.165, 1.54) is 13.3 Å². The van der Waals surface area contributed by atoms with E-state index in [1.807, 2.05) is 24.3 Å². The van der Waals surface area contributed by atoms with Gasteiger partial charge in [-0.15, -0.1) is 0 Å². The summed E-state index contributed by atoms with van der Waals surface area (Å²) in [4.78, 5) is 24.3. The van der Waals surface area contributed by atoms with Crippen molar-refractivity contribution in [1.82, 2.24) is 9.99 Å². The van der Waals surface area contributed by atoms with E-state index in [0.29, 0.717) is 33.0 Å². The van der Waals surface area contributed by atoms with Crippen LogP contribution in [0.15, 0.2) is 74.7 Å². The smallest absolute Gasteiger partial charge is 0.344 e. The highest BCUT2D eigenvalue weighted by atomic mass is 79.9. The standard InChI is InChI=1S/C31H32BrN3O7/c1-19(2)41-30(36)18-40-29-15-26(32)22(14-28(29)38-5)16-33-34-31(37)27-13-12-25(42-27)17-39-24-10-8-23(9-11-24)35-20(3)6-7-21(35)4/h6-16,19H,17-18H2,1-5H3,(H,34,37)/b33-16+. The second-order valence-electron chi connectivity index (χ2n) is 9.55. The maximum atomic E-state index is 12.6. The number of ether oxygens (including phenoxy) is 4. The van der Waals surface area contributed by atoms with Crippen molar-refractivity contribution >= 4 is 34.0 Å². The van der Waals surface area contributed by atoms with Crippen LogP contribution in [0.25, 0.3) is 5.69 Å². The van der Waals surface area contributed by atoms with Gasteiger partial charge in [-0.3, -0.25) is 4.79 Å². The van der Waals surface area contributed by atoms with E-state index < -0.39 is 11.9 Å². The van der Waals surface area contributed by atoms with Crippen LogP contribution >= 0.6 is 15.9 Å². The number of aryl methyl sites for hydroxylation is 2. The zero-order valence-corrected chi connectivity index (χ0v) is 25.6. The number of amides is 1. The lowest BCUT2D eigenvalue weighted by Crippen LogP contribution is -2.19. The van der Waals surface area contributed by atoms with Crippen molar-refractivity contribution in [3.05, 3.63) is 93.6 Å². The molecule has 10 nitrogen and oxygen atoms in total. The fourth-order valence-electron chi connectivity index (χ4n) is 4.07. The molecule has 42 heavy (non-hydrogen) atoms. The Kier molecular flexibility index (Phi) is 10.1. The number of rotatable bonds is 12. The molecule has 0 saturated heterocycles. The number of hydrazone groups is 1. The van der Waals surface area contributed by atoms with Gasteiger partial charge in [0.05, 0.1) is 19.4 Å². The third kappa shape index (κ3) is 7.82. The topological polar surface area (TPSA) is 114 Å². The van der Waals surface area contributed by atoms with Crippen LogP contribution in [0.5, 0.6) is 17.2 Å². The molecular weight excluding hydrogens is 606 g/mol. The highest BCUT2D eigenvalue weighted by Gasteiger charge is 2.14. The zero-order valence-electron chi connectivity index (χ0n) is 24.0. The van der Waals surface area contributed by atoms with Crippen molar-refractivity contribution in [2.75, 3.05) is 13.7 Å². The highest BCUT2D eigenvalue weighted by molar-refractivity contribution is 9.10. The maximum Gasteiger partial charge on any atom is 0.344 e. The molecule has 220 valence electrons. The van der Waals surface area contributed by atoms with Gasteiger partial charge in [-0.1, -0.05) is 0 Å². The Hall–Kier alpha value is -4.51. The number of benzene rings is 2. The van der Waals surface area contributed by atoms with E-state index in [2.05, 4.69) is 57.0 Å². The summed E-state index contributed by atoms with van der Waals surface area (Å²) in [6.45, 7) is 7.54. The third-order valence-corrected chi connectivity index (χ3v) is 6.68. The van der Waals surface area contributed by atoms with E-state index in [9.17, 15) is 9.59 Å². The van der Waals surface area contributed by atoms with Crippen molar-refractivity contribution in [2.24, 2.45) is 5.10 Å². The SMILES string of the molecule is COc1cc(/C=N/NC(=O)c2ccc(COc3ccc(-n4c(C)ccc4C)cc3)o2)c(Br)cc1OCC(=O)OC(C)C. The summed E-state index contributed by atoms with van der Waals surface area (Å²) in [6.07, 6.45) is 1.20. The van der Waals surface area contributed by atoms with Gasteiger partial charge in [-0.2, -0.15) is 5.10 Å². The highest BCUT2D eigenvalue weighted by Crippen LogP contribution is 2.33. The van der Waals surface area contributed by atoms with Crippen molar-refractivity contribution in [3.8, 4) is 22.9 Å². The Bertz CT molecular complexity index is 1550. The molecule has 0 radical (unpaired) electrons. The Morgan fingerprint density at radius 2 is 1.71 bits per heavy atom. The fourth-order valence-corrected chi connectivity index (χ4v) is 4.50. The summed E-state index contributed by atoms with van der Waals surface area (Å²) >= 11 is 3.44. The molecule has 0 unspecified atom stereocenters. The normalized spacial score (nSPS) is 11.1. The molecule has 2 aromatic carbocycles. The number of hydrogen-bond donors (Lipinski definition) is 1. The molecule has 2 aromatic heterocycles. The van der Waals surface area contributed by atoms with Crippen LogP contribution in [-0.4, -0.2) is 42.5 Å². The van der Waals surface area contributed by atoms with Crippen molar-refractivity contribution in [1.29, 1.82) is 0 Å². The average Bonchev–Trinajstić information content (AvgIpc) is 3.57. The number of carbonyl (C=O) groups is 2. The van der Waals surface area contributed by atoms with Gasteiger partial charge >= 0.3 is 11.9 Å². The summed E-state index contributed by atoms with van der Waals surface area (Å²) in [5.74, 6) is 0.977. The number of aromatic nitrogens is 1. The number of carbonyl (C=O) groups excluding carboxylic acids is 2. The number of nitrogens with one attached hydrogen (secondary N) is 1. The predicted octanol–water partition coefficient (Wildman–Crippen LogP) is 6.13. The first-order valence-electron chi connectivity index (χ1n) is 13.1. The first-order valence-corrected chi connectivity index (χ1v) is 13.9. The Morgan fingerprint density at radius 1 is 1.00 bits per heavy atom. The Morgan fingerprint density at radius 3 is 2.38 bits per heavy atom. The minimum atomic E-state index is -0.522. The first-order chi connectivity index (χ1) is 20.1. The van der Waals surface area contributed by atoms with Crippen LogP contribution in [0, 0.1) is 13.8 Å². The van der Waals surface area contributed by atoms with Gasteiger partial charge in [-0.25, -0.2) is 10.2 Å². The number of halogens is 1. The number of hydrogen-bond acceptors (Lipinski definition) is 8. The van der Waals surface area contributed by atoms with Crippen molar-refractivity contribution in [2.45, 2.75) is 40.4 Å². The number of furan rings is 1. The molecule has 0 fully saturated rings. The summed E-state index contributed by atoms with van der Waals surface area (Å²) in [7, 11) is 1.48. The molecule has 2 heterocycles. The molecule has 0 aliphatic rings. The molecule has 4 aromatic rings. The molecule has 0 bridgehead atoms. The molecular formula is C31H32BrN3O7. The largest absolute Gasteiger partial charge is 0.493 e. The van der Waals surface area contributed by atoms with E-state index in [1.54, 1.807) is 38.1 Å². The summed E-state index contributed by atoms with van der Waals surface area (Å²) in [6, 6.07) is 18.5. The van der Waals surface area contributed by atoms with Gasteiger partial charge in [0.25, 0.3) is 0 Å². The molecule has 0 saturated carbocycles. The lowest BCUT2D eigenvalue weighted by molar-refractivity contribution is -0.149. The quantitative estimate of drug-likeness (QED) is 0.113. The van der Waals surface area contributed by atoms with E-state index in [4.69, 9.17) is 23.4 Å². The van der Waals surface area contributed by atoms with E-state index in [-0.39, 0.29) is 25.1 Å². The minimum Gasteiger partial charge on any atom is -0.493 e. The van der Waals surface area contributed by atoms with E-state index >= 15 is 0 Å². The monoisotopic (exact) mass is 637 g/mol. The molecule has 0 aliphatic carbocycles. The number of nitrogens with zero attached hydrogens (tertiary/aromatic N) is 2. The van der Waals surface area contributed by atoms with Crippen LogP contribution in [0.2, 0.25) is 0 Å². The van der Waals surface area contributed by atoms with Crippen LogP contribution in [0.1, 0.15) is 47.1 Å². The van der Waals surface area contributed by atoms with Gasteiger partial charge < -0.3 is 27.9 Å². The first kappa shape index (κ1) is 30.4. The van der Waals surface area contributed by atoms with Crippen LogP contribution in [-0.2, 0) is 16.1 Å². The zero-order chi connectivity index (χ0) is 30.2. The fraction of sp³-hybridized carbons (Fsp3) is 0.258. The summed E-state index contributed by atoms with van der Waals surface area (Å²) in [5, 5.41) is 4.02. The van der Waals surface area contributed by atoms with Crippen LogP contribution in [0.3, 0.4) is 0 Å². The van der Waals surface area contributed by atoms with Gasteiger partial charge in [0.15, 0.2) is 23.9 Å². The molecule has 11 heteroatoms. The van der Waals surface area contributed by atoms with Gasteiger partial charge in [-0.05, 0) is 104 Å². The lowest BCUT2D eigenvalue weighted by Gasteiger charge is -2.13. The van der Waals surface area contributed by atoms with Crippen molar-refractivity contribution in [3.63, 3.8) is 0 Å². The Labute approximate surface area is 252 Å². The minimum absolute atomic E-state index is 0.0911. The lowest BCUT2D eigenvalue weighted by atomic mass is 10.2. The third-order valence-electron chi connectivity index (χ3n) is 6.00. The summed E-state index contributed by atoms with van der Waals surface area (Å²) < 4.78 is 30.2. The number of esters is 1. The average molecular weight is 639 g/mol. The maximum absolute atomic E-state index is 12.6. The van der Waals surface area contributed by atoms with Gasteiger partial charge in [0, 0.05) is 27.1 Å². The summed E-state index contributed by atoms with van der Waals surface area (Å²) in [5.41, 5.74) is 6.41. The molecule has 0 atom stereocenters. The second kappa shape index (κ2) is 13.9. The van der Waals surface area contributed by atoms with Gasteiger partial charge in [0.2, 0.25) is 0 Å². The van der Waals surface area contributed by atoms with Crippen molar-refractivity contribution < 1.29 is 33.0 Å². The number of methoxy groups -OCH3 is 1. The molecule has 0 aliphatic heterocycles. The predicted molar refractivity (Wildman–Crippen MR) is 161 cm³/mol. The molecule has 0 spiro atoms. The van der Waals surface area contributed by atoms with E-state index in [0.717, 1.165) is 17.1 Å². The molecule has 4 rings (SSSR count). The molecule has 1 N–H and O–H groups in total.